The van der Waals surface area contributed by atoms with Crippen LogP contribution in [-0.2, 0) is 21.5 Å². The van der Waals surface area contributed by atoms with Crippen LogP contribution in [0.1, 0.15) is 32.0 Å². The summed E-state index contributed by atoms with van der Waals surface area (Å²) in [5.74, 6) is -0.312. The van der Waals surface area contributed by atoms with E-state index in [1.54, 1.807) is 13.2 Å². The highest BCUT2D eigenvalue weighted by Crippen LogP contribution is 2.47. The van der Waals surface area contributed by atoms with Crippen molar-refractivity contribution >= 4 is 28.5 Å². The number of likely N-dealkylation sites (N-methyl/N-ethyl adjacent to an activating group) is 1. The first-order valence-electron chi connectivity index (χ1n) is 9.95. The Kier molecular flexibility index (Phi) is 4.73. The lowest BCUT2D eigenvalue weighted by Crippen LogP contribution is -2.58. The van der Waals surface area contributed by atoms with Gasteiger partial charge in [-0.2, -0.15) is 0 Å². The van der Waals surface area contributed by atoms with E-state index < -0.39 is 17.2 Å². The van der Waals surface area contributed by atoms with Crippen LogP contribution in [0, 0.1) is 0 Å². The topological polar surface area (TPSA) is 71.5 Å². The van der Waals surface area contributed by atoms with Gasteiger partial charge < -0.3 is 10.1 Å². The largest absolute Gasteiger partial charge is 0.443 e. The minimum Gasteiger partial charge on any atom is -0.443 e. The average Bonchev–Trinajstić information content (AvgIpc) is 3.07. The third kappa shape index (κ3) is 3.09. The Hall–Kier alpha value is -3.41. The van der Waals surface area contributed by atoms with Crippen molar-refractivity contribution in [3.63, 3.8) is 0 Å². The first-order valence-corrected chi connectivity index (χ1v) is 9.95. The fraction of sp³-hybridized carbons (Fsp3) is 0.292. The molecule has 0 aliphatic carbocycles. The van der Waals surface area contributed by atoms with E-state index in [1.165, 1.54) is 4.90 Å². The number of carbonyl (C=O) groups is 2. The Balaban J connectivity index is 2.02. The monoisotopic (exact) mass is 403 g/mol. The minimum absolute atomic E-state index is 0.309. The van der Waals surface area contributed by atoms with Gasteiger partial charge >= 0.3 is 6.09 Å². The smallest absolute Gasteiger partial charge is 0.416 e. The lowest BCUT2D eigenvalue weighted by atomic mass is 9.86. The van der Waals surface area contributed by atoms with Crippen LogP contribution >= 0.6 is 0 Å². The number of rotatable bonds is 2. The number of anilines is 1. The zero-order valence-corrected chi connectivity index (χ0v) is 17.6. The molecule has 2 heterocycles. The molecule has 1 aliphatic rings. The van der Waals surface area contributed by atoms with Crippen LogP contribution in [0.4, 0.5) is 10.5 Å². The van der Waals surface area contributed by atoms with E-state index in [1.807, 2.05) is 75.4 Å². The van der Waals surface area contributed by atoms with Crippen molar-refractivity contribution in [2.75, 3.05) is 11.9 Å². The quantitative estimate of drug-likeness (QED) is 0.697. The van der Waals surface area contributed by atoms with Crippen molar-refractivity contribution in [1.29, 1.82) is 0 Å². The number of nitrogens with zero attached hydrogens (tertiary/aromatic N) is 2. The molecule has 1 aliphatic heterocycles. The van der Waals surface area contributed by atoms with Crippen LogP contribution in [-0.4, -0.2) is 29.6 Å². The van der Waals surface area contributed by atoms with Gasteiger partial charge in [-0.05, 0) is 43.9 Å². The highest BCUT2D eigenvalue weighted by Gasteiger charge is 2.56. The molecule has 4 rings (SSSR count). The number of pyridine rings is 1. The minimum atomic E-state index is -1.36. The highest BCUT2D eigenvalue weighted by atomic mass is 16.6. The molecule has 0 radical (unpaired) electrons. The lowest BCUT2D eigenvalue weighted by molar-refractivity contribution is -0.126. The Bertz CT molecular complexity index is 1130. The number of carbonyl (C=O) groups excluding carboxylic acids is 2. The molecule has 2 aromatic carbocycles. The average molecular weight is 403 g/mol. The predicted octanol–water partition coefficient (Wildman–Crippen LogP) is 4.17. The van der Waals surface area contributed by atoms with Crippen molar-refractivity contribution in [2.24, 2.45) is 0 Å². The predicted molar refractivity (Wildman–Crippen MR) is 116 cm³/mol. The Morgan fingerprint density at radius 2 is 1.77 bits per heavy atom. The summed E-state index contributed by atoms with van der Waals surface area (Å²) in [4.78, 5) is 33.1. The summed E-state index contributed by atoms with van der Waals surface area (Å²) in [6.45, 7) is 5.43. The third-order valence-corrected chi connectivity index (χ3v) is 5.30. The molecule has 1 aromatic heterocycles. The Morgan fingerprint density at radius 3 is 2.50 bits per heavy atom. The standard InChI is InChI=1S/C24H25N3O3/c1-23(2,3)30-22(29)27-19-12-8-6-10-17(19)15-24(27,21(28)25-4)20-18-11-7-5-9-16(18)13-14-26-20/h5-14H,15H2,1-4H3,(H,25,28). The number of aromatic nitrogens is 1. The first kappa shape index (κ1) is 19.9. The van der Waals surface area contributed by atoms with Gasteiger partial charge in [0.15, 0.2) is 5.54 Å². The molecule has 1 unspecified atom stereocenters. The van der Waals surface area contributed by atoms with Crippen LogP contribution in [0.2, 0.25) is 0 Å². The van der Waals surface area contributed by atoms with Crippen LogP contribution in [0.5, 0.6) is 0 Å². The van der Waals surface area contributed by atoms with Gasteiger partial charge in [0.25, 0.3) is 5.91 Å². The molecule has 0 saturated carbocycles. The van der Waals surface area contributed by atoms with Crippen LogP contribution in [0.25, 0.3) is 10.8 Å². The maximum Gasteiger partial charge on any atom is 0.416 e. The van der Waals surface area contributed by atoms with Gasteiger partial charge in [0, 0.05) is 25.1 Å². The molecule has 6 nitrogen and oxygen atoms in total. The molecule has 0 saturated heterocycles. The number of para-hydroxylation sites is 1. The molecule has 1 atom stereocenters. The van der Waals surface area contributed by atoms with E-state index in [-0.39, 0.29) is 5.91 Å². The zero-order chi connectivity index (χ0) is 21.5. The van der Waals surface area contributed by atoms with Gasteiger partial charge in [0.2, 0.25) is 0 Å². The van der Waals surface area contributed by atoms with Gasteiger partial charge in [0.05, 0.1) is 11.4 Å². The molecule has 1 N–H and O–H groups in total. The third-order valence-electron chi connectivity index (χ3n) is 5.30. The Labute approximate surface area is 175 Å². The molecule has 3 aromatic rings. The second-order valence-corrected chi connectivity index (χ2v) is 8.44. The number of hydrogen-bond donors (Lipinski definition) is 1. The summed E-state index contributed by atoms with van der Waals surface area (Å²) < 4.78 is 5.74. The molecule has 6 heteroatoms. The lowest BCUT2D eigenvalue weighted by Gasteiger charge is -2.37. The molecular formula is C24H25N3O3. The number of fused-ring (bicyclic) bond motifs is 2. The molecule has 0 bridgehead atoms. The summed E-state index contributed by atoms with van der Waals surface area (Å²) in [6, 6.07) is 17.2. The Morgan fingerprint density at radius 1 is 1.07 bits per heavy atom. The van der Waals surface area contributed by atoms with Crippen LogP contribution in [0.15, 0.2) is 60.8 Å². The molecule has 30 heavy (non-hydrogen) atoms. The van der Waals surface area contributed by atoms with Gasteiger partial charge in [-0.1, -0.05) is 42.5 Å². The van der Waals surface area contributed by atoms with Crippen molar-refractivity contribution in [3.05, 3.63) is 72.1 Å². The second-order valence-electron chi connectivity index (χ2n) is 8.44. The van der Waals surface area contributed by atoms with E-state index in [4.69, 9.17) is 4.74 Å². The molecule has 2 amide bonds. The van der Waals surface area contributed by atoms with E-state index in [0.29, 0.717) is 17.8 Å². The van der Waals surface area contributed by atoms with Crippen molar-refractivity contribution in [1.82, 2.24) is 10.3 Å². The maximum atomic E-state index is 13.5. The van der Waals surface area contributed by atoms with E-state index >= 15 is 0 Å². The summed E-state index contributed by atoms with van der Waals surface area (Å²) in [7, 11) is 1.57. The molecule has 0 spiro atoms. The highest BCUT2D eigenvalue weighted by molar-refractivity contribution is 6.06. The SMILES string of the molecule is CNC(=O)C1(c2nccc3ccccc23)Cc2ccccc2N1C(=O)OC(C)(C)C. The first-order chi connectivity index (χ1) is 14.3. The van der Waals surface area contributed by atoms with Crippen molar-refractivity contribution < 1.29 is 14.3 Å². The summed E-state index contributed by atoms with van der Waals surface area (Å²) in [6.07, 6.45) is 1.41. The van der Waals surface area contributed by atoms with Gasteiger partial charge in [-0.25, -0.2) is 4.79 Å². The van der Waals surface area contributed by atoms with E-state index in [2.05, 4.69) is 10.3 Å². The second kappa shape index (κ2) is 7.13. The maximum absolute atomic E-state index is 13.5. The summed E-state index contributed by atoms with van der Waals surface area (Å²) in [5.41, 5.74) is 0.00503. The normalized spacial score (nSPS) is 18.2. The number of benzene rings is 2. The van der Waals surface area contributed by atoms with Gasteiger partial charge in [0.1, 0.15) is 5.60 Å². The van der Waals surface area contributed by atoms with E-state index in [0.717, 1.165) is 16.3 Å². The number of amides is 2. The van der Waals surface area contributed by atoms with Crippen LogP contribution in [0.3, 0.4) is 0 Å². The van der Waals surface area contributed by atoms with E-state index in [9.17, 15) is 9.59 Å². The van der Waals surface area contributed by atoms with Crippen molar-refractivity contribution in [3.8, 4) is 0 Å². The summed E-state index contributed by atoms with van der Waals surface area (Å²) >= 11 is 0. The molecule has 0 fully saturated rings. The van der Waals surface area contributed by atoms with Crippen molar-refractivity contribution in [2.45, 2.75) is 38.3 Å². The number of hydrogen-bond acceptors (Lipinski definition) is 4. The fourth-order valence-electron chi connectivity index (χ4n) is 4.14. The fourth-order valence-corrected chi connectivity index (χ4v) is 4.14. The van der Waals surface area contributed by atoms with Crippen LogP contribution < -0.4 is 10.2 Å². The molecule has 154 valence electrons. The zero-order valence-electron chi connectivity index (χ0n) is 17.6. The number of ether oxygens (including phenoxy) is 1. The van der Waals surface area contributed by atoms with Gasteiger partial charge in [-0.15, -0.1) is 0 Å². The molecular weight excluding hydrogens is 378 g/mol. The van der Waals surface area contributed by atoms with Gasteiger partial charge in [-0.3, -0.25) is 14.7 Å². The summed E-state index contributed by atoms with van der Waals surface area (Å²) in [5, 5.41) is 4.54. The number of nitrogens with one attached hydrogen (secondary N) is 1.